The Balaban J connectivity index is 2.53. The van der Waals surface area contributed by atoms with Gasteiger partial charge in [-0.1, -0.05) is 13.8 Å². The summed E-state index contributed by atoms with van der Waals surface area (Å²) in [7, 11) is 1.60. The van der Waals surface area contributed by atoms with E-state index in [4.69, 9.17) is 9.47 Å². The van der Waals surface area contributed by atoms with Crippen LogP contribution in [0, 0.1) is 5.92 Å². The predicted octanol–water partition coefficient (Wildman–Crippen LogP) is 2.65. The van der Waals surface area contributed by atoms with Crippen LogP contribution in [-0.4, -0.2) is 13.1 Å². The molecular formula is C12H16O3. The molecule has 1 rings (SSSR count). The minimum atomic E-state index is -0.199. The summed E-state index contributed by atoms with van der Waals surface area (Å²) in [4.78, 5) is 11.3. The third-order valence-electron chi connectivity index (χ3n) is 1.87. The molecule has 0 N–H and O–H groups in total. The highest BCUT2D eigenvalue weighted by Gasteiger charge is 2.07. The van der Waals surface area contributed by atoms with Crippen LogP contribution in [0.3, 0.4) is 0 Å². The SMILES string of the molecule is COc1ccc(OC(=O)CC(C)C)cc1. The monoisotopic (exact) mass is 208 g/mol. The zero-order valence-electron chi connectivity index (χ0n) is 9.32. The van der Waals surface area contributed by atoms with Crippen LogP contribution in [0.2, 0.25) is 0 Å². The average Bonchev–Trinajstić information content (AvgIpc) is 2.17. The second kappa shape index (κ2) is 5.39. The molecule has 3 heteroatoms. The van der Waals surface area contributed by atoms with Gasteiger partial charge in [0.1, 0.15) is 11.5 Å². The van der Waals surface area contributed by atoms with Crippen LogP contribution < -0.4 is 9.47 Å². The minimum absolute atomic E-state index is 0.199. The zero-order valence-corrected chi connectivity index (χ0v) is 9.32. The largest absolute Gasteiger partial charge is 0.497 e. The quantitative estimate of drug-likeness (QED) is 0.563. The Morgan fingerprint density at radius 2 is 1.73 bits per heavy atom. The van der Waals surface area contributed by atoms with Crippen molar-refractivity contribution < 1.29 is 14.3 Å². The van der Waals surface area contributed by atoms with Gasteiger partial charge >= 0.3 is 5.97 Å². The molecule has 1 aromatic carbocycles. The molecule has 0 aliphatic rings. The molecule has 0 fully saturated rings. The van der Waals surface area contributed by atoms with Crippen molar-refractivity contribution in [1.82, 2.24) is 0 Å². The number of hydrogen-bond donors (Lipinski definition) is 0. The average molecular weight is 208 g/mol. The summed E-state index contributed by atoms with van der Waals surface area (Å²) in [5.74, 6) is 1.42. The highest BCUT2D eigenvalue weighted by molar-refractivity contribution is 5.72. The highest BCUT2D eigenvalue weighted by Crippen LogP contribution is 2.17. The second-order valence-electron chi connectivity index (χ2n) is 3.75. The van der Waals surface area contributed by atoms with Crippen LogP contribution in [0.15, 0.2) is 24.3 Å². The van der Waals surface area contributed by atoms with Crippen LogP contribution in [0.25, 0.3) is 0 Å². The van der Waals surface area contributed by atoms with Crippen molar-refractivity contribution in [3.8, 4) is 11.5 Å². The fourth-order valence-corrected chi connectivity index (χ4v) is 1.15. The van der Waals surface area contributed by atoms with E-state index in [2.05, 4.69) is 0 Å². The van der Waals surface area contributed by atoms with Gasteiger partial charge < -0.3 is 9.47 Å². The van der Waals surface area contributed by atoms with E-state index in [-0.39, 0.29) is 5.97 Å². The maximum atomic E-state index is 11.3. The lowest BCUT2D eigenvalue weighted by molar-refractivity contribution is -0.135. The Labute approximate surface area is 90.0 Å². The van der Waals surface area contributed by atoms with Crippen LogP contribution in [0.1, 0.15) is 20.3 Å². The van der Waals surface area contributed by atoms with Gasteiger partial charge in [0.05, 0.1) is 7.11 Å². The molecule has 0 unspecified atom stereocenters. The van der Waals surface area contributed by atoms with E-state index in [0.29, 0.717) is 18.1 Å². The topological polar surface area (TPSA) is 35.5 Å². The van der Waals surface area contributed by atoms with Gasteiger partial charge in [-0.2, -0.15) is 0 Å². The molecule has 3 nitrogen and oxygen atoms in total. The van der Waals surface area contributed by atoms with Gasteiger partial charge in [-0.3, -0.25) is 4.79 Å². The first-order valence-corrected chi connectivity index (χ1v) is 4.96. The zero-order chi connectivity index (χ0) is 11.3. The third-order valence-corrected chi connectivity index (χ3v) is 1.87. The lowest BCUT2D eigenvalue weighted by atomic mass is 10.1. The number of esters is 1. The third kappa shape index (κ3) is 4.02. The summed E-state index contributed by atoms with van der Waals surface area (Å²) in [6, 6.07) is 6.96. The Kier molecular flexibility index (Phi) is 4.16. The van der Waals surface area contributed by atoms with Crippen LogP contribution in [0.4, 0.5) is 0 Å². The molecule has 0 aliphatic heterocycles. The van der Waals surface area contributed by atoms with Gasteiger partial charge in [-0.25, -0.2) is 0 Å². The fraction of sp³-hybridized carbons (Fsp3) is 0.417. The van der Waals surface area contributed by atoms with Crippen molar-refractivity contribution in [1.29, 1.82) is 0 Å². The molecule has 0 heterocycles. The number of rotatable bonds is 4. The van der Waals surface area contributed by atoms with Gasteiger partial charge in [0, 0.05) is 6.42 Å². The Morgan fingerprint density at radius 3 is 2.20 bits per heavy atom. The van der Waals surface area contributed by atoms with E-state index in [9.17, 15) is 4.79 Å². The molecule has 0 spiro atoms. The molecule has 82 valence electrons. The summed E-state index contributed by atoms with van der Waals surface area (Å²) >= 11 is 0. The molecule has 0 radical (unpaired) electrons. The second-order valence-corrected chi connectivity index (χ2v) is 3.75. The van der Waals surface area contributed by atoms with E-state index in [1.165, 1.54) is 0 Å². The Bertz CT molecular complexity index is 314. The van der Waals surface area contributed by atoms with Gasteiger partial charge in [0.2, 0.25) is 0 Å². The number of hydrogen-bond acceptors (Lipinski definition) is 3. The molecule has 0 aliphatic carbocycles. The summed E-state index contributed by atoms with van der Waals surface area (Å²) in [5.41, 5.74) is 0. The number of carbonyl (C=O) groups excluding carboxylic acids is 1. The first kappa shape index (κ1) is 11.6. The van der Waals surface area contributed by atoms with Crippen molar-refractivity contribution in [2.24, 2.45) is 5.92 Å². The van der Waals surface area contributed by atoms with Crippen molar-refractivity contribution >= 4 is 5.97 Å². The van der Waals surface area contributed by atoms with Gasteiger partial charge in [0.25, 0.3) is 0 Å². The van der Waals surface area contributed by atoms with E-state index in [1.54, 1.807) is 31.4 Å². The van der Waals surface area contributed by atoms with Crippen molar-refractivity contribution in [2.75, 3.05) is 7.11 Å². The Morgan fingerprint density at radius 1 is 1.20 bits per heavy atom. The lowest BCUT2D eigenvalue weighted by Crippen LogP contribution is -2.10. The minimum Gasteiger partial charge on any atom is -0.497 e. The molecule has 0 aromatic heterocycles. The normalized spacial score (nSPS) is 10.1. The van der Waals surface area contributed by atoms with E-state index in [1.807, 2.05) is 13.8 Å². The summed E-state index contributed by atoms with van der Waals surface area (Å²) in [6.45, 7) is 3.96. The van der Waals surface area contributed by atoms with Crippen molar-refractivity contribution in [3.63, 3.8) is 0 Å². The van der Waals surface area contributed by atoms with E-state index >= 15 is 0 Å². The first-order valence-electron chi connectivity index (χ1n) is 4.96. The standard InChI is InChI=1S/C12H16O3/c1-9(2)8-12(13)15-11-6-4-10(14-3)5-7-11/h4-7,9H,8H2,1-3H3. The molecule has 0 atom stereocenters. The predicted molar refractivity (Wildman–Crippen MR) is 58.1 cm³/mol. The molecule has 0 saturated heterocycles. The molecule has 1 aromatic rings. The molecular weight excluding hydrogens is 192 g/mol. The van der Waals surface area contributed by atoms with Gasteiger partial charge in [-0.15, -0.1) is 0 Å². The van der Waals surface area contributed by atoms with Gasteiger partial charge in [0.15, 0.2) is 0 Å². The molecule has 15 heavy (non-hydrogen) atoms. The summed E-state index contributed by atoms with van der Waals surface area (Å²) in [5, 5.41) is 0. The van der Waals surface area contributed by atoms with Crippen molar-refractivity contribution in [3.05, 3.63) is 24.3 Å². The van der Waals surface area contributed by atoms with Crippen LogP contribution >= 0.6 is 0 Å². The van der Waals surface area contributed by atoms with Crippen molar-refractivity contribution in [2.45, 2.75) is 20.3 Å². The first-order chi connectivity index (χ1) is 7.11. The summed E-state index contributed by atoms with van der Waals surface area (Å²) in [6.07, 6.45) is 0.437. The van der Waals surface area contributed by atoms with Crippen LogP contribution in [0.5, 0.6) is 11.5 Å². The van der Waals surface area contributed by atoms with Crippen LogP contribution in [-0.2, 0) is 4.79 Å². The Hall–Kier alpha value is -1.51. The molecule has 0 saturated carbocycles. The number of benzene rings is 1. The summed E-state index contributed by atoms with van der Waals surface area (Å²) < 4.78 is 10.1. The molecule has 0 amide bonds. The number of ether oxygens (including phenoxy) is 2. The maximum absolute atomic E-state index is 11.3. The highest BCUT2D eigenvalue weighted by atomic mass is 16.5. The van der Waals surface area contributed by atoms with E-state index in [0.717, 1.165) is 5.75 Å². The smallest absolute Gasteiger partial charge is 0.311 e. The number of methoxy groups -OCH3 is 1. The molecule has 0 bridgehead atoms. The lowest BCUT2D eigenvalue weighted by Gasteiger charge is -2.06. The fourth-order valence-electron chi connectivity index (χ4n) is 1.15. The number of carbonyl (C=O) groups is 1. The van der Waals surface area contributed by atoms with Gasteiger partial charge in [-0.05, 0) is 30.2 Å². The maximum Gasteiger partial charge on any atom is 0.311 e. The van der Waals surface area contributed by atoms with E-state index < -0.39 is 0 Å².